The first-order chi connectivity index (χ1) is 10.1. The first-order valence-corrected chi connectivity index (χ1v) is 8.19. The van der Waals surface area contributed by atoms with Gasteiger partial charge in [-0.3, -0.25) is 4.79 Å². The third-order valence-electron chi connectivity index (χ3n) is 4.28. The zero-order chi connectivity index (χ0) is 15.2. The fraction of sp³-hybridized carbons (Fsp3) is 0.588. The van der Waals surface area contributed by atoms with Crippen molar-refractivity contribution < 1.29 is 4.79 Å². The molecule has 2 rings (SSSR count). The lowest BCUT2D eigenvalue weighted by Crippen LogP contribution is -2.43. The highest BCUT2D eigenvalue weighted by molar-refractivity contribution is 6.31. The Morgan fingerprint density at radius 2 is 2.00 bits per heavy atom. The van der Waals surface area contributed by atoms with Crippen LogP contribution in [0.25, 0.3) is 0 Å². The molecule has 1 fully saturated rings. The Hall–Kier alpha value is -0.770. The van der Waals surface area contributed by atoms with Gasteiger partial charge < -0.3 is 10.2 Å². The van der Waals surface area contributed by atoms with Crippen molar-refractivity contribution in [1.82, 2.24) is 10.2 Å². The lowest BCUT2D eigenvalue weighted by atomic mass is 10.1. The van der Waals surface area contributed by atoms with Gasteiger partial charge in [0.05, 0.1) is 0 Å². The number of carbonyl (C=O) groups excluding carboxylic acids is 1. The minimum Gasteiger partial charge on any atom is -0.335 e. The Morgan fingerprint density at radius 1 is 1.36 bits per heavy atom. The minimum atomic E-state index is -0.00177. The monoisotopic (exact) mass is 344 g/mol. The van der Waals surface area contributed by atoms with E-state index >= 15 is 0 Å². The second-order valence-corrected chi connectivity index (χ2v) is 6.36. The van der Waals surface area contributed by atoms with E-state index < -0.39 is 0 Å². The fourth-order valence-electron chi connectivity index (χ4n) is 3.09. The number of hydrogen-bond donors (Lipinski definition) is 1. The zero-order valence-corrected chi connectivity index (χ0v) is 14.9. The van der Waals surface area contributed by atoms with Crippen LogP contribution in [-0.2, 0) is 11.3 Å². The van der Waals surface area contributed by atoms with E-state index in [-0.39, 0.29) is 24.2 Å². The van der Waals surface area contributed by atoms with E-state index in [1.54, 1.807) is 0 Å². The maximum Gasteiger partial charge on any atom is 0.227 e. The van der Waals surface area contributed by atoms with E-state index in [2.05, 4.69) is 10.2 Å². The van der Waals surface area contributed by atoms with Crippen LogP contribution in [0.5, 0.6) is 0 Å². The van der Waals surface area contributed by atoms with Crippen LogP contribution in [0.1, 0.15) is 38.2 Å². The molecule has 1 aromatic rings. The topological polar surface area (TPSA) is 32.3 Å². The summed E-state index contributed by atoms with van der Waals surface area (Å²) >= 11 is 6.27. The third kappa shape index (κ3) is 4.87. The molecule has 5 heteroatoms. The lowest BCUT2D eigenvalue weighted by molar-refractivity contribution is -0.137. The van der Waals surface area contributed by atoms with Crippen LogP contribution in [0.2, 0.25) is 5.02 Å². The number of carbonyl (C=O) groups is 1. The van der Waals surface area contributed by atoms with Crippen molar-refractivity contribution in [2.45, 2.75) is 45.2 Å². The van der Waals surface area contributed by atoms with Crippen LogP contribution in [0.3, 0.4) is 0 Å². The molecule has 1 amide bonds. The molecule has 0 heterocycles. The average Bonchev–Trinajstić information content (AvgIpc) is 3.00. The summed E-state index contributed by atoms with van der Waals surface area (Å²) in [6, 6.07) is 8.19. The van der Waals surface area contributed by atoms with Crippen LogP contribution >= 0.6 is 24.0 Å². The number of benzene rings is 1. The summed E-state index contributed by atoms with van der Waals surface area (Å²) in [6.45, 7) is 3.33. The molecule has 0 aliphatic heterocycles. The predicted molar refractivity (Wildman–Crippen MR) is 94.6 cm³/mol. The van der Waals surface area contributed by atoms with E-state index in [9.17, 15) is 4.79 Å². The standard InChI is InChI=1S/C17H25ClN2O.ClH/c1-13(11-19-2)17(21)20(15-8-4-5-9-15)12-14-7-3-6-10-16(14)18;/h3,6-7,10,13,15,19H,4-5,8-9,11-12H2,1-2H3;1H. The third-order valence-corrected chi connectivity index (χ3v) is 4.65. The molecule has 0 radical (unpaired) electrons. The molecule has 0 aromatic heterocycles. The van der Waals surface area contributed by atoms with Gasteiger partial charge in [-0.05, 0) is 31.5 Å². The van der Waals surface area contributed by atoms with Gasteiger partial charge in [0.15, 0.2) is 0 Å². The van der Waals surface area contributed by atoms with Crippen molar-refractivity contribution in [2.24, 2.45) is 5.92 Å². The van der Waals surface area contributed by atoms with Gasteiger partial charge in [0.1, 0.15) is 0 Å². The number of halogens is 2. The van der Waals surface area contributed by atoms with Crippen molar-refractivity contribution in [1.29, 1.82) is 0 Å². The number of nitrogens with zero attached hydrogens (tertiary/aromatic N) is 1. The van der Waals surface area contributed by atoms with Crippen LogP contribution < -0.4 is 5.32 Å². The lowest BCUT2D eigenvalue weighted by Gasteiger charge is -2.32. The quantitative estimate of drug-likeness (QED) is 0.848. The molecular weight excluding hydrogens is 319 g/mol. The molecule has 1 unspecified atom stereocenters. The normalized spacial score (nSPS) is 16.1. The number of hydrogen-bond acceptors (Lipinski definition) is 2. The molecule has 0 bridgehead atoms. The molecule has 22 heavy (non-hydrogen) atoms. The number of nitrogens with one attached hydrogen (secondary N) is 1. The van der Waals surface area contributed by atoms with Crippen molar-refractivity contribution in [3.63, 3.8) is 0 Å². The second kappa shape index (κ2) is 9.39. The van der Waals surface area contributed by atoms with Crippen LogP contribution in [0.15, 0.2) is 24.3 Å². The number of rotatable bonds is 6. The predicted octanol–water partition coefficient (Wildman–Crippen LogP) is 3.89. The Labute approximate surface area is 144 Å². The van der Waals surface area contributed by atoms with Gasteiger partial charge in [-0.2, -0.15) is 0 Å². The molecule has 3 nitrogen and oxygen atoms in total. The average molecular weight is 345 g/mol. The summed E-state index contributed by atoms with van der Waals surface area (Å²) in [7, 11) is 1.89. The zero-order valence-electron chi connectivity index (χ0n) is 13.3. The molecule has 1 aliphatic rings. The molecule has 1 aromatic carbocycles. The summed E-state index contributed by atoms with van der Waals surface area (Å²) in [5.41, 5.74) is 1.04. The van der Waals surface area contributed by atoms with Gasteiger partial charge in [-0.15, -0.1) is 12.4 Å². The highest BCUT2D eigenvalue weighted by atomic mass is 35.5. The summed E-state index contributed by atoms with van der Waals surface area (Å²) in [5, 5.41) is 3.84. The molecule has 0 spiro atoms. The van der Waals surface area contributed by atoms with Gasteiger partial charge in [0, 0.05) is 30.1 Å². The van der Waals surface area contributed by atoms with Crippen molar-refractivity contribution >= 4 is 29.9 Å². The van der Waals surface area contributed by atoms with E-state index in [1.807, 2.05) is 38.2 Å². The molecule has 1 saturated carbocycles. The highest BCUT2D eigenvalue weighted by Gasteiger charge is 2.29. The SMILES string of the molecule is CNCC(C)C(=O)N(Cc1ccccc1Cl)C1CCCC1.Cl. The maximum atomic E-state index is 12.8. The Balaban J connectivity index is 0.00000242. The summed E-state index contributed by atoms with van der Waals surface area (Å²) in [5.74, 6) is 0.231. The molecule has 1 atom stereocenters. The van der Waals surface area contributed by atoms with Crippen LogP contribution in [0.4, 0.5) is 0 Å². The maximum absolute atomic E-state index is 12.8. The molecule has 1 aliphatic carbocycles. The van der Waals surface area contributed by atoms with E-state index in [0.29, 0.717) is 19.1 Å². The Kier molecular flexibility index (Phi) is 8.23. The first kappa shape index (κ1) is 19.3. The minimum absolute atomic E-state index is 0. The van der Waals surface area contributed by atoms with Crippen molar-refractivity contribution in [3.05, 3.63) is 34.9 Å². The smallest absolute Gasteiger partial charge is 0.227 e. The Morgan fingerprint density at radius 3 is 2.59 bits per heavy atom. The van der Waals surface area contributed by atoms with E-state index in [4.69, 9.17) is 11.6 Å². The van der Waals surface area contributed by atoms with Gasteiger partial charge in [0.2, 0.25) is 5.91 Å². The first-order valence-electron chi connectivity index (χ1n) is 7.82. The van der Waals surface area contributed by atoms with E-state index in [1.165, 1.54) is 12.8 Å². The Bertz CT molecular complexity index is 475. The van der Waals surface area contributed by atoms with Crippen molar-refractivity contribution in [3.8, 4) is 0 Å². The van der Waals surface area contributed by atoms with Crippen molar-refractivity contribution in [2.75, 3.05) is 13.6 Å². The summed E-state index contributed by atoms with van der Waals surface area (Å²) < 4.78 is 0. The van der Waals surface area contributed by atoms with Crippen LogP contribution in [0, 0.1) is 5.92 Å². The molecular formula is C17H26Cl2N2O. The molecule has 0 saturated heterocycles. The van der Waals surface area contributed by atoms with Gasteiger partial charge >= 0.3 is 0 Å². The van der Waals surface area contributed by atoms with Crippen LogP contribution in [-0.4, -0.2) is 30.4 Å². The van der Waals surface area contributed by atoms with Gasteiger partial charge in [-0.1, -0.05) is 49.6 Å². The fourth-order valence-corrected chi connectivity index (χ4v) is 3.29. The molecule has 124 valence electrons. The second-order valence-electron chi connectivity index (χ2n) is 5.95. The number of amides is 1. The van der Waals surface area contributed by atoms with E-state index in [0.717, 1.165) is 23.4 Å². The summed E-state index contributed by atoms with van der Waals surface area (Å²) in [6.07, 6.45) is 4.67. The van der Waals surface area contributed by atoms with Gasteiger partial charge in [-0.25, -0.2) is 0 Å². The largest absolute Gasteiger partial charge is 0.335 e. The molecule has 1 N–H and O–H groups in total. The van der Waals surface area contributed by atoms with Gasteiger partial charge in [0.25, 0.3) is 0 Å². The highest BCUT2D eigenvalue weighted by Crippen LogP contribution is 2.28. The summed E-state index contributed by atoms with van der Waals surface area (Å²) in [4.78, 5) is 14.8.